The Morgan fingerprint density at radius 3 is 2.45 bits per heavy atom. The van der Waals surface area contributed by atoms with Crippen LogP contribution in [0.2, 0.25) is 0 Å². The highest BCUT2D eigenvalue weighted by atomic mass is 32.1. The van der Waals surface area contributed by atoms with Gasteiger partial charge < -0.3 is 18.8 Å². The van der Waals surface area contributed by atoms with Crippen LogP contribution in [0.4, 0.5) is 0 Å². The van der Waals surface area contributed by atoms with Crippen molar-refractivity contribution in [2.75, 3.05) is 59.0 Å². The number of hydrogen-bond acceptors (Lipinski definition) is 4. The Kier molecular flexibility index (Phi) is 5.73. The molecule has 0 radical (unpaired) electrons. The Labute approximate surface area is 188 Å². The number of aryl methyl sites for hydroxylation is 1. The van der Waals surface area contributed by atoms with Crippen LogP contribution in [-0.2, 0) is 6.42 Å². The summed E-state index contributed by atoms with van der Waals surface area (Å²) in [7, 11) is 0. The van der Waals surface area contributed by atoms with Crippen molar-refractivity contribution >= 4 is 21.6 Å². The number of aliphatic hydroxyl groups is 1. The van der Waals surface area contributed by atoms with E-state index in [0.717, 1.165) is 33.7 Å². The summed E-state index contributed by atoms with van der Waals surface area (Å²) < 4.78 is 9.38. The van der Waals surface area contributed by atoms with Crippen LogP contribution in [-0.4, -0.2) is 84.1 Å². The van der Waals surface area contributed by atoms with Gasteiger partial charge in [-0.15, -0.1) is 11.3 Å². The van der Waals surface area contributed by atoms with Crippen LogP contribution in [0, 0.1) is 6.92 Å². The van der Waals surface area contributed by atoms with Gasteiger partial charge in [0.25, 0.3) is 0 Å². The van der Waals surface area contributed by atoms with E-state index in [9.17, 15) is 5.11 Å². The van der Waals surface area contributed by atoms with E-state index in [1.807, 2.05) is 30.3 Å². The van der Waals surface area contributed by atoms with Gasteiger partial charge in [-0.1, -0.05) is 24.3 Å². The first-order valence-electron chi connectivity index (χ1n) is 11.5. The summed E-state index contributed by atoms with van der Waals surface area (Å²) in [5.74, 6) is 0.834. The Bertz CT molecular complexity index is 1010. The van der Waals surface area contributed by atoms with Crippen molar-refractivity contribution in [2.45, 2.75) is 19.4 Å². The van der Waals surface area contributed by atoms with Crippen LogP contribution in [0.25, 0.3) is 10.2 Å². The molecule has 3 saturated heterocycles. The lowest BCUT2D eigenvalue weighted by Gasteiger charge is -2.56. The van der Waals surface area contributed by atoms with Gasteiger partial charge in [-0.3, -0.25) is 0 Å². The van der Waals surface area contributed by atoms with Crippen molar-refractivity contribution < 1.29 is 18.8 Å². The topological polar surface area (TPSA) is 42.4 Å². The van der Waals surface area contributed by atoms with Crippen molar-refractivity contribution in [1.82, 2.24) is 4.98 Å². The second-order valence-electron chi connectivity index (χ2n) is 9.49. The maximum Gasteiger partial charge on any atom is 0.137 e. The molecule has 1 unspecified atom stereocenters. The first-order chi connectivity index (χ1) is 15.0. The zero-order valence-corrected chi connectivity index (χ0v) is 19.2. The minimum absolute atomic E-state index is 0.378. The number of nitrogens with zero attached hydrogens (tertiary/aromatic N) is 3. The first-order valence-corrected chi connectivity index (χ1v) is 12.3. The highest BCUT2D eigenvalue weighted by molar-refractivity contribution is 7.18. The van der Waals surface area contributed by atoms with Gasteiger partial charge in [0.2, 0.25) is 0 Å². The second-order valence-corrected chi connectivity index (χ2v) is 10.7. The third-order valence-electron chi connectivity index (χ3n) is 7.36. The van der Waals surface area contributed by atoms with Gasteiger partial charge >= 0.3 is 0 Å². The monoisotopic (exact) mass is 439 g/mol. The molecule has 2 aromatic carbocycles. The number of piperazine rings is 3. The zero-order chi connectivity index (χ0) is 21.3. The van der Waals surface area contributed by atoms with Crippen molar-refractivity contribution in [2.24, 2.45) is 0 Å². The summed E-state index contributed by atoms with van der Waals surface area (Å²) in [6.07, 6.45) is 0.715. The average molecular weight is 440 g/mol. The van der Waals surface area contributed by atoms with E-state index >= 15 is 0 Å². The lowest BCUT2D eigenvalue weighted by Crippen LogP contribution is -2.76. The van der Waals surface area contributed by atoms with Gasteiger partial charge in [0, 0.05) is 6.42 Å². The SMILES string of the molecule is Cc1nc2cc(CC[N+]34CC[N+](CC(O)COc5ccccc5)(CC3)CC4)ccc2s1. The number of fused-ring (bicyclic) bond motifs is 4. The number of rotatable bonds is 8. The molecule has 3 fully saturated rings. The first kappa shape index (κ1) is 20.9. The number of ether oxygens (including phenoxy) is 1. The molecule has 1 N–H and O–H groups in total. The molecule has 6 heteroatoms. The molecule has 6 rings (SSSR count). The number of thiazole rings is 1. The molecule has 4 heterocycles. The van der Waals surface area contributed by atoms with Gasteiger partial charge in [-0.25, -0.2) is 4.98 Å². The highest BCUT2D eigenvalue weighted by Gasteiger charge is 2.49. The molecule has 0 saturated carbocycles. The van der Waals surface area contributed by atoms with E-state index in [2.05, 4.69) is 30.1 Å². The molecular weight excluding hydrogens is 406 g/mol. The third kappa shape index (κ3) is 4.62. The smallest absolute Gasteiger partial charge is 0.137 e. The van der Waals surface area contributed by atoms with Crippen molar-refractivity contribution in [3.63, 3.8) is 0 Å². The number of aromatic nitrogens is 1. The van der Waals surface area contributed by atoms with Gasteiger partial charge in [0.05, 0.1) is 21.8 Å². The molecular formula is C25H33N3O2S+2. The molecule has 3 aliphatic heterocycles. The van der Waals surface area contributed by atoms with Crippen LogP contribution in [0.15, 0.2) is 48.5 Å². The molecule has 3 aliphatic rings. The van der Waals surface area contributed by atoms with Crippen LogP contribution in [0.3, 0.4) is 0 Å². The standard InChI is InChI=1S/C25H33N3O2S/c1-20-26-24-17-21(7-8-25(24)31-20)9-10-27-11-14-28(15-12-27,16-13-27)18-22(29)19-30-23-5-3-2-4-6-23/h2-8,17,22,29H,9-16,18-19H2,1H3/q+2. The summed E-state index contributed by atoms with van der Waals surface area (Å²) in [6.45, 7) is 11.7. The van der Waals surface area contributed by atoms with Crippen molar-refractivity contribution in [1.29, 1.82) is 0 Å². The maximum absolute atomic E-state index is 10.6. The fraction of sp³-hybridized carbons (Fsp3) is 0.480. The van der Waals surface area contributed by atoms with E-state index in [0.29, 0.717) is 6.61 Å². The van der Waals surface area contributed by atoms with Crippen LogP contribution >= 0.6 is 11.3 Å². The largest absolute Gasteiger partial charge is 0.491 e. The predicted molar refractivity (Wildman–Crippen MR) is 125 cm³/mol. The quantitative estimate of drug-likeness (QED) is 0.548. The molecule has 31 heavy (non-hydrogen) atoms. The fourth-order valence-electron chi connectivity index (χ4n) is 5.37. The molecule has 0 aliphatic carbocycles. The summed E-state index contributed by atoms with van der Waals surface area (Å²) in [6, 6.07) is 16.6. The summed E-state index contributed by atoms with van der Waals surface area (Å²) >= 11 is 1.78. The molecule has 5 nitrogen and oxygen atoms in total. The van der Waals surface area contributed by atoms with Crippen molar-refractivity contribution in [3.05, 3.63) is 59.1 Å². The fourth-order valence-corrected chi connectivity index (χ4v) is 6.18. The lowest BCUT2D eigenvalue weighted by molar-refractivity contribution is -1.08. The lowest BCUT2D eigenvalue weighted by atomic mass is 10.0. The number of hydrogen-bond donors (Lipinski definition) is 1. The highest BCUT2D eigenvalue weighted by Crippen LogP contribution is 2.28. The maximum atomic E-state index is 10.6. The predicted octanol–water partition coefficient (Wildman–Crippen LogP) is 3.25. The number of quaternary nitrogens is 2. The molecule has 1 aromatic heterocycles. The van der Waals surface area contributed by atoms with Crippen molar-refractivity contribution in [3.8, 4) is 5.75 Å². The number of benzene rings is 2. The minimum Gasteiger partial charge on any atom is -0.491 e. The number of aliphatic hydroxyl groups excluding tert-OH is 1. The summed E-state index contributed by atoms with van der Waals surface area (Å²) in [5.41, 5.74) is 2.57. The van der Waals surface area contributed by atoms with Gasteiger partial charge in [0.15, 0.2) is 0 Å². The summed E-state index contributed by atoms with van der Waals surface area (Å²) in [5, 5.41) is 11.8. The Morgan fingerprint density at radius 1 is 1.00 bits per heavy atom. The van der Waals surface area contributed by atoms with E-state index in [1.54, 1.807) is 11.3 Å². The Balaban J connectivity index is 1.13. The second kappa shape index (κ2) is 8.51. The van der Waals surface area contributed by atoms with E-state index < -0.39 is 6.10 Å². The van der Waals surface area contributed by atoms with Crippen LogP contribution < -0.4 is 4.74 Å². The molecule has 2 bridgehead atoms. The van der Waals surface area contributed by atoms with Gasteiger partial charge in [-0.05, 0) is 36.8 Å². The number of para-hydroxylation sites is 1. The van der Waals surface area contributed by atoms with Crippen LogP contribution in [0.5, 0.6) is 5.75 Å². The minimum atomic E-state index is -0.411. The molecule has 164 valence electrons. The van der Waals surface area contributed by atoms with E-state index in [1.165, 1.54) is 60.6 Å². The molecule has 1 atom stereocenters. The zero-order valence-electron chi connectivity index (χ0n) is 18.4. The normalized spacial score (nSPS) is 26.3. The summed E-state index contributed by atoms with van der Waals surface area (Å²) in [4.78, 5) is 4.66. The van der Waals surface area contributed by atoms with Gasteiger partial charge in [0.1, 0.15) is 64.3 Å². The molecule has 0 amide bonds. The Morgan fingerprint density at radius 2 is 1.71 bits per heavy atom. The molecule has 3 aromatic rings. The average Bonchev–Trinajstić information content (AvgIpc) is 3.18. The van der Waals surface area contributed by atoms with E-state index in [4.69, 9.17) is 4.74 Å². The molecule has 0 spiro atoms. The van der Waals surface area contributed by atoms with Gasteiger partial charge in [-0.2, -0.15) is 0 Å². The van der Waals surface area contributed by atoms with Crippen LogP contribution in [0.1, 0.15) is 10.6 Å². The van der Waals surface area contributed by atoms with E-state index in [-0.39, 0.29) is 0 Å². The third-order valence-corrected chi connectivity index (χ3v) is 8.32. The Hall–Kier alpha value is -1.99.